The predicted octanol–water partition coefficient (Wildman–Crippen LogP) is 3.68. The molecule has 16 heavy (non-hydrogen) atoms. The Bertz CT molecular complexity index is 465. The maximum absolute atomic E-state index is 6.28. The summed E-state index contributed by atoms with van der Waals surface area (Å²) in [7, 11) is 0. The van der Waals surface area contributed by atoms with Gasteiger partial charge in [-0.1, -0.05) is 11.6 Å². The first-order valence-corrected chi connectivity index (χ1v) is 6.23. The zero-order valence-corrected chi connectivity index (χ0v) is 10.2. The van der Waals surface area contributed by atoms with Crippen LogP contribution in [0.1, 0.15) is 30.4 Å². The Kier molecular flexibility index (Phi) is 2.40. The van der Waals surface area contributed by atoms with Gasteiger partial charge in [-0.25, -0.2) is 4.99 Å². The Balaban J connectivity index is 2.09. The Morgan fingerprint density at radius 1 is 1.31 bits per heavy atom. The van der Waals surface area contributed by atoms with Crippen LogP contribution in [0.3, 0.4) is 0 Å². The van der Waals surface area contributed by atoms with Gasteiger partial charge in [0.05, 0.1) is 5.69 Å². The van der Waals surface area contributed by atoms with Crippen LogP contribution in [0.2, 0.25) is 5.02 Å². The predicted molar refractivity (Wildman–Crippen MR) is 67.5 cm³/mol. The van der Waals surface area contributed by atoms with Crippen molar-refractivity contribution < 1.29 is 0 Å². The molecule has 2 nitrogen and oxygen atoms in total. The van der Waals surface area contributed by atoms with Crippen LogP contribution in [-0.2, 0) is 6.54 Å². The third-order valence-corrected chi connectivity index (χ3v) is 3.70. The number of aliphatic imine (C=N–C) groups is 1. The lowest BCUT2D eigenvalue weighted by atomic mass is 10.0. The maximum atomic E-state index is 6.28. The number of hydrogen-bond acceptors (Lipinski definition) is 2. The average molecular weight is 235 g/mol. The average Bonchev–Trinajstić information content (AvgIpc) is 2.27. The van der Waals surface area contributed by atoms with Crippen molar-refractivity contribution in [2.24, 2.45) is 4.99 Å². The highest BCUT2D eigenvalue weighted by molar-refractivity contribution is 6.31. The fourth-order valence-electron chi connectivity index (χ4n) is 2.51. The number of benzene rings is 1. The molecule has 0 unspecified atom stereocenters. The van der Waals surface area contributed by atoms with Gasteiger partial charge in [0.2, 0.25) is 0 Å². The molecule has 2 aliphatic rings. The monoisotopic (exact) mass is 234 g/mol. The van der Waals surface area contributed by atoms with Crippen LogP contribution in [0.4, 0.5) is 5.69 Å². The minimum absolute atomic E-state index is 0.864. The highest BCUT2D eigenvalue weighted by Crippen LogP contribution is 2.35. The SMILES string of the molecule is Cc1cc(Cl)c2c(c1)N=C1CCCCN1C2. The molecule has 0 aliphatic carbocycles. The number of halogens is 1. The van der Waals surface area contributed by atoms with Gasteiger partial charge in [0.1, 0.15) is 5.84 Å². The molecule has 1 aromatic carbocycles. The van der Waals surface area contributed by atoms with E-state index in [1.54, 1.807) is 0 Å². The molecule has 0 amide bonds. The molecule has 1 aromatic rings. The zero-order valence-electron chi connectivity index (χ0n) is 9.46. The molecule has 0 aromatic heterocycles. The summed E-state index contributed by atoms with van der Waals surface area (Å²) < 4.78 is 0. The normalized spacial score (nSPS) is 18.9. The second-order valence-electron chi connectivity index (χ2n) is 4.65. The number of amidine groups is 1. The highest BCUT2D eigenvalue weighted by Gasteiger charge is 2.23. The van der Waals surface area contributed by atoms with E-state index >= 15 is 0 Å². The van der Waals surface area contributed by atoms with E-state index in [2.05, 4.69) is 17.9 Å². The third kappa shape index (κ3) is 1.61. The number of rotatable bonds is 0. The molecule has 0 radical (unpaired) electrons. The second-order valence-corrected chi connectivity index (χ2v) is 5.06. The molecule has 3 heteroatoms. The molecule has 0 bridgehead atoms. The molecular weight excluding hydrogens is 220 g/mol. The van der Waals surface area contributed by atoms with Gasteiger partial charge in [-0.3, -0.25) is 0 Å². The van der Waals surface area contributed by atoms with E-state index in [0.29, 0.717) is 0 Å². The van der Waals surface area contributed by atoms with Crippen molar-refractivity contribution in [2.45, 2.75) is 32.7 Å². The standard InChI is InChI=1S/C13H15ClN2/c1-9-6-11(14)10-8-16-5-3-2-4-13(16)15-12(10)7-9/h6-7H,2-5,8H2,1H3. The summed E-state index contributed by atoms with van der Waals surface area (Å²) in [6.07, 6.45) is 3.66. The lowest BCUT2D eigenvalue weighted by Gasteiger charge is -2.34. The molecule has 84 valence electrons. The first-order chi connectivity index (χ1) is 7.74. The summed E-state index contributed by atoms with van der Waals surface area (Å²) in [5, 5.41) is 0.864. The molecule has 0 saturated carbocycles. The van der Waals surface area contributed by atoms with E-state index in [0.717, 1.165) is 30.2 Å². The Morgan fingerprint density at radius 2 is 2.19 bits per heavy atom. The van der Waals surface area contributed by atoms with Crippen molar-refractivity contribution in [2.75, 3.05) is 6.54 Å². The molecule has 2 aliphatic heterocycles. The van der Waals surface area contributed by atoms with Crippen LogP contribution in [0.25, 0.3) is 0 Å². The van der Waals surface area contributed by atoms with Crippen molar-refractivity contribution in [1.82, 2.24) is 4.90 Å². The first kappa shape index (κ1) is 10.2. The van der Waals surface area contributed by atoms with Gasteiger partial charge in [0, 0.05) is 30.1 Å². The van der Waals surface area contributed by atoms with Gasteiger partial charge in [-0.05, 0) is 37.5 Å². The fraction of sp³-hybridized carbons (Fsp3) is 0.462. The Labute approximate surface area is 101 Å². The van der Waals surface area contributed by atoms with Crippen LogP contribution in [0.15, 0.2) is 17.1 Å². The van der Waals surface area contributed by atoms with E-state index < -0.39 is 0 Å². The van der Waals surface area contributed by atoms with Crippen LogP contribution in [0, 0.1) is 6.92 Å². The quantitative estimate of drug-likeness (QED) is 0.669. The molecule has 0 spiro atoms. The highest BCUT2D eigenvalue weighted by atomic mass is 35.5. The number of aryl methyl sites for hydroxylation is 1. The van der Waals surface area contributed by atoms with Crippen molar-refractivity contribution in [3.05, 3.63) is 28.3 Å². The van der Waals surface area contributed by atoms with Gasteiger partial charge < -0.3 is 4.90 Å². The summed E-state index contributed by atoms with van der Waals surface area (Å²) in [6.45, 7) is 4.13. The minimum Gasteiger partial charge on any atom is -0.356 e. The third-order valence-electron chi connectivity index (χ3n) is 3.36. The van der Waals surface area contributed by atoms with Crippen molar-refractivity contribution >= 4 is 23.1 Å². The minimum atomic E-state index is 0.864. The van der Waals surface area contributed by atoms with Crippen molar-refractivity contribution in [1.29, 1.82) is 0 Å². The Morgan fingerprint density at radius 3 is 3.06 bits per heavy atom. The van der Waals surface area contributed by atoms with Gasteiger partial charge in [0.25, 0.3) is 0 Å². The van der Waals surface area contributed by atoms with Gasteiger partial charge in [-0.15, -0.1) is 0 Å². The smallest absolute Gasteiger partial charge is 0.105 e. The summed E-state index contributed by atoms with van der Waals surface area (Å²) in [6, 6.07) is 4.17. The van der Waals surface area contributed by atoms with E-state index in [1.165, 1.54) is 29.8 Å². The summed E-state index contributed by atoms with van der Waals surface area (Å²) >= 11 is 6.28. The van der Waals surface area contributed by atoms with Gasteiger partial charge in [0.15, 0.2) is 0 Å². The van der Waals surface area contributed by atoms with E-state index in [-0.39, 0.29) is 0 Å². The first-order valence-electron chi connectivity index (χ1n) is 5.85. The number of hydrogen-bond donors (Lipinski definition) is 0. The molecule has 1 saturated heterocycles. The Hall–Kier alpha value is -1.02. The van der Waals surface area contributed by atoms with Gasteiger partial charge >= 0.3 is 0 Å². The van der Waals surface area contributed by atoms with Crippen LogP contribution in [0.5, 0.6) is 0 Å². The topological polar surface area (TPSA) is 15.6 Å². The lowest BCUT2D eigenvalue weighted by Crippen LogP contribution is -2.36. The molecule has 0 atom stereocenters. The second kappa shape index (κ2) is 3.77. The number of nitrogens with zero attached hydrogens (tertiary/aromatic N) is 2. The number of piperidine rings is 1. The van der Waals surface area contributed by atoms with Crippen molar-refractivity contribution in [3.8, 4) is 0 Å². The fourth-order valence-corrected chi connectivity index (χ4v) is 2.84. The maximum Gasteiger partial charge on any atom is 0.105 e. The summed E-state index contributed by atoms with van der Waals surface area (Å²) in [5.41, 5.74) is 3.47. The molecule has 2 heterocycles. The molecule has 1 fully saturated rings. The van der Waals surface area contributed by atoms with E-state index in [9.17, 15) is 0 Å². The van der Waals surface area contributed by atoms with Crippen LogP contribution in [-0.4, -0.2) is 17.3 Å². The summed E-state index contributed by atoms with van der Waals surface area (Å²) in [4.78, 5) is 7.12. The largest absolute Gasteiger partial charge is 0.356 e. The molecule has 0 N–H and O–H groups in total. The molecule has 3 rings (SSSR count). The van der Waals surface area contributed by atoms with Crippen LogP contribution < -0.4 is 0 Å². The summed E-state index contributed by atoms with van der Waals surface area (Å²) in [5.74, 6) is 1.25. The molecular formula is C13H15ClN2. The lowest BCUT2D eigenvalue weighted by molar-refractivity contribution is 0.359. The van der Waals surface area contributed by atoms with E-state index in [1.807, 2.05) is 6.07 Å². The number of fused-ring (bicyclic) bond motifs is 2. The van der Waals surface area contributed by atoms with E-state index in [4.69, 9.17) is 16.6 Å². The van der Waals surface area contributed by atoms with Crippen LogP contribution >= 0.6 is 11.6 Å². The van der Waals surface area contributed by atoms with Gasteiger partial charge in [-0.2, -0.15) is 0 Å². The van der Waals surface area contributed by atoms with Crippen molar-refractivity contribution in [3.63, 3.8) is 0 Å². The zero-order chi connectivity index (χ0) is 11.1.